The van der Waals surface area contributed by atoms with Crippen LogP contribution in [0.1, 0.15) is 24.2 Å². The van der Waals surface area contributed by atoms with Crippen LogP contribution in [0.25, 0.3) is 10.8 Å². The number of benzene rings is 2. The molecule has 0 saturated carbocycles. The van der Waals surface area contributed by atoms with Crippen LogP contribution in [-0.2, 0) is 0 Å². The molecule has 1 amide bonds. The minimum absolute atomic E-state index is 0.0252. The summed E-state index contributed by atoms with van der Waals surface area (Å²) >= 11 is 0. The number of hydrogen-bond donors (Lipinski definition) is 1. The van der Waals surface area contributed by atoms with Crippen molar-refractivity contribution in [2.45, 2.75) is 13.8 Å². The fraction of sp³-hybridized carbons (Fsp3) is 0.385. The third kappa shape index (κ3) is 5.02. The maximum Gasteiger partial charge on any atom is 0.251 e. The van der Waals surface area contributed by atoms with E-state index < -0.39 is 0 Å². The summed E-state index contributed by atoms with van der Waals surface area (Å²) < 4.78 is 0. The molecule has 2 aromatic carbocycles. The molecule has 3 aromatic rings. The van der Waals surface area contributed by atoms with Gasteiger partial charge in [-0.1, -0.05) is 38.1 Å². The number of amides is 1. The van der Waals surface area contributed by atoms with Gasteiger partial charge in [0.05, 0.1) is 0 Å². The minimum atomic E-state index is -0.0252. The molecule has 0 spiro atoms. The molecule has 1 aliphatic heterocycles. The molecule has 4 rings (SSSR count). The van der Waals surface area contributed by atoms with Gasteiger partial charge in [0.1, 0.15) is 5.82 Å². The number of nitrogens with zero attached hydrogens (tertiary/aromatic N) is 4. The predicted molar refractivity (Wildman–Crippen MR) is 133 cm³/mol. The Morgan fingerprint density at radius 2 is 1.69 bits per heavy atom. The molecule has 2 heterocycles. The van der Waals surface area contributed by atoms with Crippen molar-refractivity contribution in [1.82, 2.24) is 15.2 Å². The molecule has 168 valence electrons. The Bertz CT molecular complexity index is 1030. The number of nitrogens with one attached hydrogen (secondary N) is 1. The van der Waals surface area contributed by atoms with Gasteiger partial charge in [0.25, 0.3) is 5.91 Å². The lowest BCUT2D eigenvalue weighted by atomic mass is 10.1. The van der Waals surface area contributed by atoms with Crippen LogP contribution in [0.15, 0.2) is 60.8 Å². The molecule has 1 saturated heterocycles. The number of carbonyl (C=O) groups is 1. The maximum absolute atomic E-state index is 12.8. The number of aromatic nitrogens is 1. The lowest BCUT2D eigenvalue weighted by Gasteiger charge is -2.37. The average molecular weight is 432 g/mol. The Morgan fingerprint density at radius 1 is 0.969 bits per heavy atom. The summed E-state index contributed by atoms with van der Waals surface area (Å²) in [5, 5.41) is 5.21. The minimum Gasteiger partial charge on any atom is -0.368 e. The van der Waals surface area contributed by atoms with Crippen molar-refractivity contribution < 1.29 is 4.79 Å². The normalized spacial score (nSPS) is 14.2. The second-order valence-electron chi connectivity index (χ2n) is 8.16. The van der Waals surface area contributed by atoms with Gasteiger partial charge in [0.2, 0.25) is 0 Å². The first-order chi connectivity index (χ1) is 15.7. The van der Waals surface area contributed by atoms with E-state index in [0.29, 0.717) is 12.1 Å². The van der Waals surface area contributed by atoms with Crippen molar-refractivity contribution >= 4 is 28.2 Å². The van der Waals surface area contributed by atoms with E-state index in [-0.39, 0.29) is 5.91 Å². The Hall–Kier alpha value is -3.12. The van der Waals surface area contributed by atoms with Crippen LogP contribution in [0, 0.1) is 0 Å². The molecule has 0 bridgehead atoms. The fourth-order valence-electron chi connectivity index (χ4n) is 4.33. The Kier molecular flexibility index (Phi) is 7.22. The number of likely N-dealkylation sites (N-methyl/N-ethyl adjacent to an activating group) is 1. The molecule has 1 aliphatic rings. The predicted octanol–water partition coefficient (Wildman–Crippen LogP) is 3.63. The van der Waals surface area contributed by atoms with E-state index in [1.807, 2.05) is 30.5 Å². The van der Waals surface area contributed by atoms with E-state index in [0.717, 1.165) is 62.4 Å². The molecule has 1 fully saturated rings. The number of pyridine rings is 1. The first-order valence-electron chi connectivity index (χ1n) is 11.6. The molecule has 1 N–H and O–H groups in total. The SMILES string of the molecule is CCN(CC)CCNC(=O)c1ccc2ccnc(N3CCN(c4ccccc4)CC3)c2c1. The standard InChI is InChI=1S/C26H33N5O/c1-3-29(4-2)15-14-28-26(32)22-11-10-21-12-13-27-25(24(21)20-22)31-18-16-30(17-19-31)23-8-6-5-7-9-23/h5-13,20H,3-4,14-19H2,1-2H3,(H,28,32). The largest absolute Gasteiger partial charge is 0.368 e. The number of rotatable bonds is 8. The topological polar surface area (TPSA) is 51.7 Å². The highest BCUT2D eigenvalue weighted by molar-refractivity contribution is 6.01. The van der Waals surface area contributed by atoms with Crippen molar-refractivity contribution in [3.05, 3.63) is 66.4 Å². The molecule has 6 nitrogen and oxygen atoms in total. The van der Waals surface area contributed by atoms with Gasteiger partial charge >= 0.3 is 0 Å². The van der Waals surface area contributed by atoms with E-state index in [9.17, 15) is 4.79 Å². The van der Waals surface area contributed by atoms with Crippen LogP contribution in [0.3, 0.4) is 0 Å². The van der Waals surface area contributed by atoms with Gasteiger partial charge < -0.3 is 20.0 Å². The zero-order valence-electron chi connectivity index (χ0n) is 19.1. The van der Waals surface area contributed by atoms with Crippen LogP contribution in [0.5, 0.6) is 0 Å². The number of anilines is 2. The Morgan fingerprint density at radius 3 is 2.41 bits per heavy atom. The highest BCUT2D eigenvalue weighted by atomic mass is 16.1. The van der Waals surface area contributed by atoms with Crippen LogP contribution in [0.2, 0.25) is 0 Å². The van der Waals surface area contributed by atoms with Gasteiger partial charge in [-0.05, 0) is 48.8 Å². The highest BCUT2D eigenvalue weighted by Gasteiger charge is 2.20. The quantitative estimate of drug-likeness (QED) is 0.590. The summed E-state index contributed by atoms with van der Waals surface area (Å²) in [6.07, 6.45) is 1.87. The lowest BCUT2D eigenvalue weighted by Crippen LogP contribution is -2.46. The maximum atomic E-state index is 12.8. The van der Waals surface area contributed by atoms with Crippen LogP contribution < -0.4 is 15.1 Å². The monoisotopic (exact) mass is 431 g/mol. The van der Waals surface area contributed by atoms with E-state index in [1.165, 1.54) is 5.69 Å². The second-order valence-corrected chi connectivity index (χ2v) is 8.16. The molecule has 1 aromatic heterocycles. The van der Waals surface area contributed by atoms with Crippen molar-refractivity contribution in [2.75, 3.05) is 62.2 Å². The number of piperazine rings is 1. The number of hydrogen-bond acceptors (Lipinski definition) is 5. The van der Waals surface area contributed by atoms with Gasteiger partial charge in [-0.2, -0.15) is 0 Å². The van der Waals surface area contributed by atoms with Gasteiger partial charge in [-0.25, -0.2) is 4.98 Å². The second kappa shape index (κ2) is 10.5. The van der Waals surface area contributed by atoms with Gasteiger partial charge in [-0.15, -0.1) is 0 Å². The average Bonchev–Trinajstić information content (AvgIpc) is 2.86. The molecule has 0 radical (unpaired) electrons. The summed E-state index contributed by atoms with van der Waals surface area (Å²) in [6, 6.07) is 18.5. The van der Waals surface area contributed by atoms with Gasteiger partial charge in [-0.3, -0.25) is 4.79 Å². The first kappa shape index (κ1) is 22.1. The van der Waals surface area contributed by atoms with Crippen LogP contribution >= 0.6 is 0 Å². The Labute approximate surface area is 190 Å². The fourth-order valence-corrected chi connectivity index (χ4v) is 4.33. The van der Waals surface area contributed by atoms with E-state index in [1.54, 1.807) is 0 Å². The summed E-state index contributed by atoms with van der Waals surface area (Å²) in [5.41, 5.74) is 1.95. The molecular weight excluding hydrogens is 398 g/mol. The van der Waals surface area contributed by atoms with Crippen molar-refractivity contribution in [2.24, 2.45) is 0 Å². The summed E-state index contributed by atoms with van der Waals surface area (Å²) in [5.74, 6) is 0.941. The van der Waals surface area contributed by atoms with Crippen molar-refractivity contribution in [3.63, 3.8) is 0 Å². The Balaban J connectivity index is 1.46. The van der Waals surface area contributed by atoms with E-state index in [4.69, 9.17) is 4.98 Å². The number of para-hydroxylation sites is 1. The van der Waals surface area contributed by atoms with E-state index in [2.05, 4.69) is 64.2 Å². The third-order valence-electron chi connectivity index (χ3n) is 6.32. The van der Waals surface area contributed by atoms with Crippen molar-refractivity contribution in [3.8, 4) is 0 Å². The van der Waals surface area contributed by atoms with Gasteiger partial charge in [0, 0.05) is 62.1 Å². The first-order valence-corrected chi connectivity index (χ1v) is 11.6. The number of fused-ring (bicyclic) bond motifs is 1. The summed E-state index contributed by atoms with van der Waals surface area (Å²) in [6.45, 7) is 11.5. The van der Waals surface area contributed by atoms with E-state index >= 15 is 0 Å². The summed E-state index contributed by atoms with van der Waals surface area (Å²) in [4.78, 5) is 24.5. The molecular formula is C26H33N5O. The lowest BCUT2D eigenvalue weighted by molar-refractivity contribution is 0.0949. The molecule has 0 aliphatic carbocycles. The molecule has 6 heteroatoms. The van der Waals surface area contributed by atoms with Crippen LogP contribution in [0.4, 0.5) is 11.5 Å². The summed E-state index contributed by atoms with van der Waals surface area (Å²) in [7, 11) is 0. The zero-order valence-corrected chi connectivity index (χ0v) is 19.1. The number of carbonyl (C=O) groups excluding carboxylic acids is 1. The highest BCUT2D eigenvalue weighted by Crippen LogP contribution is 2.27. The molecule has 0 unspecified atom stereocenters. The van der Waals surface area contributed by atoms with Crippen LogP contribution in [-0.4, -0.2) is 68.1 Å². The third-order valence-corrected chi connectivity index (χ3v) is 6.32. The zero-order chi connectivity index (χ0) is 22.3. The molecule has 0 atom stereocenters. The van der Waals surface area contributed by atoms with Crippen molar-refractivity contribution in [1.29, 1.82) is 0 Å². The van der Waals surface area contributed by atoms with Gasteiger partial charge in [0.15, 0.2) is 0 Å². The smallest absolute Gasteiger partial charge is 0.251 e. The molecule has 32 heavy (non-hydrogen) atoms.